The van der Waals surface area contributed by atoms with Crippen LogP contribution in [0, 0.1) is 0 Å². The Labute approximate surface area is 92.9 Å². The van der Waals surface area contributed by atoms with Crippen LogP contribution in [0.5, 0.6) is 0 Å². The Kier molecular flexibility index (Phi) is 2.92. The van der Waals surface area contributed by atoms with Crippen LogP contribution in [0.1, 0.15) is 10.5 Å². The molecular weight excluding hydrogens is 206 g/mol. The minimum absolute atomic E-state index is 0.677. The van der Waals surface area contributed by atoms with Gasteiger partial charge in [-0.3, -0.25) is 4.79 Å². The van der Waals surface area contributed by atoms with E-state index in [1.54, 1.807) is 11.8 Å². The van der Waals surface area contributed by atoms with Gasteiger partial charge in [0, 0.05) is 11.1 Å². The van der Waals surface area contributed by atoms with Crippen LogP contribution >= 0.6 is 11.8 Å². The summed E-state index contributed by atoms with van der Waals surface area (Å²) in [5.41, 5.74) is 1.73. The van der Waals surface area contributed by atoms with Crippen LogP contribution < -0.4 is 0 Å². The predicted molar refractivity (Wildman–Crippen MR) is 62.9 cm³/mol. The van der Waals surface area contributed by atoms with Crippen molar-refractivity contribution in [3.8, 4) is 5.69 Å². The lowest BCUT2D eigenvalue weighted by atomic mass is 10.3. The molecule has 0 N–H and O–H groups in total. The molecule has 0 saturated carbocycles. The summed E-state index contributed by atoms with van der Waals surface area (Å²) in [4.78, 5) is 12.0. The molecule has 2 nitrogen and oxygen atoms in total. The maximum Gasteiger partial charge on any atom is 0.166 e. The van der Waals surface area contributed by atoms with Crippen molar-refractivity contribution in [3.63, 3.8) is 0 Å². The summed E-state index contributed by atoms with van der Waals surface area (Å²) < 4.78 is 1.90. The molecule has 0 spiro atoms. The third-order valence-electron chi connectivity index (χ3n) is 2.25. The van der Waals surface area contributed by atoms with Crippen molar-refractivity contribution in [2.24, 2.45) is 0 Å². The molecule has 1 aromatic carbocycles. The minimum Gasteiger partial charge on any atom is -0.313 e. The van der Waals surface area contributed by atoms with E-state index < -0.39 is 0 Å². The second kappa shape index (κ2) is 4.36. The van der Waals surface area contributed by atoms with Gasteiger partial charge >= 0.3 is 0 Å². The van der Waals surface area contributed by atoms with E-state index in [-0.39, 0.29) is 0 Å². The van der Waals surface area contributed by atoms with E-state index in [0.717, 1.165) is 16.9 Å². The minimum atomic E-state index is 0.677. The Balaban J connectivity index is 2.58. The first kappa shape index (κ1) is 10.1. The lowest BCUT2D eigenvalue weighted by Gasteiger charge is -2.09. The van der Waals surface area contributed by atoms with E-state index >= 15 is 0 Å². The van der Waals surface area contributed by atoms with Crippen molar-refractivity contribution in [3.05, 3.63) is 48.3 Å². The molecule has 3 heteroatoms. The van der Waals surface area contributed by atoms with Crippen LogP contribution in [0.4, 0.5) is 0 Å². The third kappa shape index (κ3) is 1.83. The van der Waals surface area contributed by atoms with Crippen molar-refractivity contribution in [2.45, 2.75) is 4.90 Å². The lowest BCUT2D eigenvalue weighted by molar-refractivity contribution is 0.111. The first-order valence-corrected chi connectivity index (χ1v) is 5.85. The Morgan fingerprint density at radius 3 is 2.73 bits per heavy atom. The molecule has 0 radical (unpaired) electrons. The molecule has 15 heavy (non-hydrogen) atoms. The highest BCUT2D eigenvalue weighted by molar-refractivity contribution is 7.98. The molecule has 0 aliphatic carbocycles. The van der Waals surface area contributed by atoms with Gasteiger partial charge in [-0.1, -0.05) is 12.1 Å². The largest absolute Gasteiger partial charge is 0.313 e. The zero-order valence-corrected chi connectivity index (χ0v) is 9.20. The molecule has 0 aliphatic heterocycles. The molecule has 2 rings (SSSR count). The summed E-state index contributed by atoms with van der Waals surface area (Å²) in [5, 5.41) is 0. The standard InChI is InChI=1S/C12H11NOS/c1-15-12-7-3-2-6-11(12)13-8-4-5-10(13)9-14/h2-9H,1H3. The fraction of sp³-hybridized carbons (Fsp3) is 0.0833. The van der Waals surface area contributed by atoms with Gasteiger partial charge in [-0.05, 0) is 30.5 Å². The normalized spacial score (nSPS) is 10.2. The Morgan fingerprint density at radius 1 is 1.20 bits per heavy atom. The molecule has 0 unspecified atom stereocenters. The average molecular weight is 217 g/mol. The van der Waals surface area contributed by atoms with Crippen molar-refractivity contribution in [1.29, 1.82) is 0 Å². The second-order valence-corrected chi connectivity index (χ2v) is 3.94. The van der Waals surface area contributed by atoms with Crippen LogP contribution in [-0.4, -0.2) is 17.1 Å². The molecule has 1 heterocycles. The van der Waals surface area contributed by atoms with Gasteiger partial charge in [-0.2, -0.15) is 0 Å². The SMILES string of the molecule is CSc1ccccc1-n1cccc1C=O. The Morgan fingerprint density at radius 2 is 2.00 bits per heavy atom. The van der Waals surface area contributed by atoms with E-state index in [2.05, 4.69) is 6.07 Å². The molecule has 2 aromatic rings. The lowest BCUT2D eigenvalue weighted by Crippen LogP contribution is -1.98. The quantitative estimate of drug-likeness (QED) is 0.582. The predicted octanol–water partition coefficient (Wildman–Crippen LogP) is 3.01. The van der Waals surface area contributed by atoms with Gasteiger partial charge in [0.05, 0.1) is 11.4 Å². The second-order valence-electron chi connectivity index (χ2n) is 3.09. The number of aromatic nitrogens is 1. The summed E-state index contributed by atoms with van der Waals surface area (Å²) in [5.74, 6) is 0. The first-order chi connectivity index (χ1) is 7.36. The number of hydrogen-bond acceptors (Lipinski definition) is 2. The molecule has 0 aliphatic rings. The van der Waals surface area contributed by atoms with Gasteiger partial charge in [-0.25, -0.2) is 0 Å². The molecule has 0 saturated heterocycles. The van der Waals surface area contributed by atoms with E-state index in [1.165, 1.54) is 0 Å². The number of rotatable bonds is 3. The van der Waals surface area contributed by atoms with E-state index in [4.69, 9.17) is 0 Å². The highest BCUT2D eigenvalue weighted by Gasteiger charge is 2.05. The summed E-state index contributed by atoms with van der Waals surface area (Å²) in [6.07, 6.45) is 4.80. The number of hydrogen-bond donors (Lipinski definition) is 0. The van der Waals surface area contributed by atoms with Gasteiger partial charge in [-0.15, -0.1) is 11.8 Å². The number of thioether (sulfide) groups is 1. The third-order valence-corrected chi connectivity index (χ3v) is 3.03. The maximum atomic E-state index is 10.8. The highest BCUT2D eigenvalue weighted by Crippen LogP contribution is 2.24. The maximum absolute atomic E-state index is 10.8. The average Bonchev–Trinajstić information content (AvgIpc) is 2.76. The van der Waals surface area contributed by atoms with Gasteiger partial charge in [0.15, 0.2) is 6.29 Å². The van der Waals surface area contributed by atoms with Gasteiger partial charge in [0.2, 0.25) is 0 Å². The molecule has 0 atom stereocenters. The van der Waals surface area contributed by atoms with Crippen LogP contribution in [0.15, 0.2) is 47.5 Å². The number of aldehydes is 1. The van der Waals surface area contributed by atoms with Gasteiger partial charge < -0.3 is 4.57 Å². The number of carbonyl (C=O) groups excluding carboxylic acids is 1. The van der Waals surface area contributed by atoms with E-state index in [0.29, 0.717) is 5.69 Å². The summed E-state index contributed by atoms with van der Waals surface area (Å²) in [7, 11) is 0. The van der Waals surface area contributed by atoms with Crippen molar-refractivity contribution >= 4 is 18.0 Å². The zero-order chi connectivity index (χ0) is 10.7. The number of benzene rings is 1. The molecule has 0 fully saturated rings. The van der Waals surface area contributed by atoms with Crippen molar-refractivity contribution in [2.75, 3.05) is 6.26 Å². The number of para-hydroxylation sites is 1. The Hall–Kier alpha value is -1.48. The fourth-order valence-electron chi connectivity index (χ4n) is 1.54. The topological polar surface area (TPSA) is 22.0 Å². The van der Waals surface area contributed by atoms with E-state index in [1.807, 2.05) is 47.4 Å². The van der Waals surface area contributed by atoms with E-state index in [9.17, 15) is 4.79 Å². The zero-order valence-electron chi connectivity index (χ0n) is 8.38. The van der Waals surface area contributed by atoms with Crippen molar-refractivity contribution < 1.29 is 4.79 Å². The molecule has 0 amide bonds. The van der Waals surface area contributed by atoms with Gasteiger partial charge in [0.25, 0.3) is 0 Å². The molecule has 76 valence electrons. The summed E-state index contributed by atoms with van der Waals surface area (Å²) in [6.45, 7) is 0. The molecule has 1 aromatic heterocycles. The van der Waals surface area contributed by atoms with Crippen LogP contribution in [-0.2, 0) is 0 Å². The monoisotopic (exact) mass is 217 g/mol. The number of carbonyl (C=O) groups is 1. The molecule has 0 bridgehead atoms. The smallest absolute Gasteiger partial charge is 0.166 e. The Bertz CT molecular complexity index is 476. The van der Waals surface area contributed by atoms with Crippen LogP contribution in [0.2, 0.25) is 0 Å². The number of nitrogens with zero attached hydrogens (tertiary/aromatic N) is 1. The summed E-state index contributed by atoms with van der Waals surface area (Å²) >= 11 is 1.68. The summed E-state index contributed by atoms with van der Waals surface area (Å²) in [6, 6.07) is 11.7. The van der Waals surface area contributed by atoms with Gasteiger partial charge in [0.1, 0.15) is 0 Å². The fourth-order valence-corrected chi connectivity index (χ4v) is 2.13. The van der Waals surface area contributed by atoms with Crippen LogP contribution in [0.3, 0.4) is 0 Å². The molecular formula is C12H11NOS. The van der Waals surface area contributed by atoms with Crippen molar-refractivity contribution in [1.82, 2.24) is 4.57 Å². The van der Waals surface area contributed by atoms with Crippen LogP contribution in [0.25, 0.3) is 5.69 Å². The first-order valence-electron chi connectivity index (χ1n) is 4.62. The highest BCUT2D eigenvalue weighted by atomic mass is 32.2.